The SMILES string of the molecule is CCCCCCCC/C=C/CC/C=C/CC/C=C/C(O)C(CO)NC(=O)C(O)CCCCCCCC/C=C\C/C=C\CCCCCCCCCCC. The fourth-order valence-corrected chi connectivity index (χ4v) is 6.30. The van der Waals surface area contributed by atoms with E-state index in [4.69, 9.17) is 0 Å². The zero-order valence-electron chi connectivity index (χ0n) is 34.2. The van der Waals surface area contributed by atoms with Gasteiger partial charge in [0.1, 0.15) is 6.10 Å². The van der Waals surface area contributed by atoms with Gasteiger partial charge in [0.15, 0.2) is 0 Å². The van der Waals surface area contributed by atoms with Crippen LogP contribution in [-0.2, 0) is 4.79 Å². The molecule has 3 atom stereocenters. The smallest absolute Gasteiger partial charge is 0.249 e. The van der Waals surface area contributed by atoms with Gasteiger partial charge in [-0.05, 0) is 77.0 Å². The Labute approximate surface area is 322 Å². The molecule has 0 aliphatic heterocycles. The summed E-state index contributed by atoms with van der Waals surface area (Å²) in [6.07, 6.45) is 55.3. The molecule has 0 saturated heterocycles. The van der Waals surface area contributed by atoms with Gasteiger partial charge in [0.05, 0.1) is 18.8 Å². The van der Waals surface area contributed by atoms with Crippen molar-refractivity contribution in [1.29, 1.82) is 0 Å². The first kappa shape index (κ1) is 50.1. The average Bonchev–Trinajstić information content (AvgIpc) is 3.15. The summed E-state index contributed by atoms with van der Waals surface area (Å²) in [4.78, 5) is 12.5. The highest BCUT2D eigenvalue weighted by atomic mass is 16.3. The summed E-state index contributed by atoms with van der Waals surface area (Å²) in [7, 11) is 0. The summed E-state index contributed by atoms with van der Waals surface area (Å²) >= 11 is 0. The molecule has 0 aliphatic rings. The van der Waals surface area contributed by atoms with Crippen molar-refractivity contribution in [3.63, 3.8) is 0 Å². The Morgan fingerprint density at radius 2 is 0.846 bits per heavy atom. The van der Waals surface area contributed by atoms with Gasteiger partial charge in [-0.2, -0.15) is 0 Å². The van der Waals surface area contributed by atoms with Crippen molar-refractivity contribution >= 4 is 5.91 Å². The molecular weight excluding hydrogens is 643 g/mol. The first-order chi connectivity index (χ1) is 25.6. The second kappa shape index (κ2) is 41.8. The van der Waals surface area contributed by atoms with Gasteiger partial charge in [-0.3, -0.25) is 4.79 Å². The van der Waals surface area contributed by atoms with Gasteiger partial charge in [0.2, 0.25) is 5.91 Å². The van der Waals surface area contributed by atoms with E-state index >= 15 is 0 Å². The Bertz CT molecular complexity index is 892. The average molecular weight is 728 g/mol. The fraction of sp³-hybridized carbons (Fsp3) is 0.766. The van der Waals surface area contributed by atoms with E-state index in [0.717, 1.165) is 57.8 Å². The summed E-state index contributed by atoms with van der Waals surface area (Å²) in [5, 5.41) is 33.1. The lowest BCUT2D eigenvalue weighted by molar-refractivity contribution is -0.131. The van der Waals surface area contributed by atoms with Crippen molar-refractivity contribution in [3.05, 3.63) is 60.8 Å². The van der Waals surface area contributed by atoms with Crippen molar-refractivity contribution in [3.8, 4) is 0 Å². The second-order valence-corrected chi connectivity index (χ2v) is 14.9. The van der Waals surface area contributed by atoms with Crippen LogP contribution in [0.4, 0.5) is 0 Å². The van der Waals surface area contributed by atoms with Gasteiger partial charge in [-0.1, -0.05) is 190 Å². The predicted molar refractivity (Wildman–Crippen MR) is 227 cm³/mol. The number of rotatable bonds is 39. The maximum Gasteiger partial charge on any atom is 0.249 e. The molecule has 0 radical (unpaired) electrons. The lowest BCUT2D eigenvalue weighted by atomic mass is 10.0. The molecule has 52 heavy (non-hydrogen) atoms. The van der Waals surface area contributed by atoms with Gasteiger partial charge in [0.25, 0.3) is 0 Å². The zero-order valence-corrected chi connectivity index (χ0v) is 34.2. The summed E-state index contributed by atoms with van der Waals surface area (Å²) in [6, 6.07) is -0.827. The van der Waals surface area contributed by atoms with Crippen molar-refractivity contribution in [2.45, 2.75) is 225 Å². The van der Waals surface area contributed by atoms with Crippen LogP contribution in [0.25, 0.3) is 0 Å². The van der Waals surface area contributed by atoms with Crippen LogP contribution >= 0.6 is 0 Å². The number of hydrogen-bond acceptors (Lipinski definition) is 4. The summed E-state index contributed by atoms with van der Waals surface area (Å²) < 4.78 is 0. The Kier molecular flexibility index (Phi) is 40.2. The zero-order chi connectivity index (χ0) is 38.0. The maximum atomic E-state index is 12.5. The standard InChI is InChI=1S/C47H85NO4/c1-3-5-7-9-11-13-15-17-19-21-22-23-24-25-26-28-30-32-34-36-38-40-42-46(51)47(52)48-44(43-49)45(50)41-39-37-35-33-31-29-27-20-18-16-14-12-10-8-6-4-2/h18,20,22-23,25-26,31,33,39,41,44-46,49-51H,3-17,19,21,24,27-30,32,34-38,40,42-43H2,1-2H3,(H,48,52)/b20-18+,23-22-,26-25-,33-31+,41-39+. The monoisotopic (exact) mass is 728 g/mol. The van der Waals surface area contributed by atoms with E-state index in [9.17, 15) is 20.1 Å². The minimum absolute atomic E-state index is 0.387. The number of allylic oxidation sites excluding steroid dienone is 9. The van der Waals surface area contributed by atoms with Gasteiger partial charge < -0.3 is 20.6 Å². The minimum atomic E-state index is -1.12. The van der Waals surface area contributed by atoms with Crippen LogP contribution in [0, 0.1) is 0 Å². The van der Waals surface area contributed by atoms with Crippen LogP contribution in [-0.4, -0.2) is 46.1 Å². The molecule has 0 spiro atoms. The molecule has 3 unspecified atom stereocenters. The Morgan fingerprint density at radius 3 is 1.29 bits per heavy atom. The van der Waals surface area contributed by atoms with Crippen molar-refractivity contribution < 1.29 is 20.1 Å². The number of nitrogens with one attached hydrogen (secondary N) is 1. The highest BCUT2D eigenvalue weighted by Gasteiger charge is 2.22. The van der Waals surface area contributed by atoms with E-state index in [1.807, 2.05) is 6.08 Å². The molecule has 0 fully saturated rings. The van der Waals surface area contributed by atoms with Crippen LogP contribution in [0.2, 0.25) is 0 Å². The number of hydrogen-bond donors (Lipinski definition) is 4. The molecular formula is C47H85NO4. The van der Waals surface area contributed by atoms with Gasteiger partial charge >= 0.3 is 0 Å². The van der Waals surface area contributed by atoms with Crippen LogP contribution < -0.4 is 5.32 Å². The molecule has 0 heterocycles. The van der Waals surface area contributed by atoms with Crippen molar-refractivity contribution in [1.82, 2.24) is 5.32 Å². The fourth-order valence-electron chi connectivity index (χ4n) is 6.30. The van der Waals surface area contributed by atoms with E-state index in [1.165, 1.54) is 128 Å². The minimum Gasteiger partial charge on any atom is -0.394 e. The highest BCUT2D eigenvalue weighted by Crippen LogP contribution is 2.13. The van der Waals surface area contributed by atoms with Crippen molar-refractivity contribution in [2.24, 2.45) is 0 Å². The number of aliphatic hydroxyl groups excluding tert-OH is 3. The normalized spacial score (nSPS) is 14.2. The molecule has 5 heteroatoms. The van der Waals surface area contributed by atoms with Crippen LogP contribution in [0.15, 0.2) is 60.8 Å². The highest BCUT2D eigenvalue weighted by molar-refractivity contribution is 5.80. The lowest BCUT2D eigenvalue weighted by Gasteiger charge is -2.21. The molecule has 1 amide bonds. The van der Waals surface area contributed by atoms with E-state index in [0.29, 0.717) is 6.42 Å². The van der Waals surface area contributed by atoms with E-state index < -0.39 is 24.2 Å². The van der Waals surface area contributed by atoms with Crippen LogP contribution in [0.5, 0.6) is 0 Å². The topological polar surface area (TPSA) is 89.8 Å². The number of amides is 1. The van der Waals surface area contributed by atoms with E-state index in [1.54, 1.807) is 6.08 Å². The molecule has 0 bridgehead atoms. The summed E-state index contributed by atoms with van der Waals surface area (Å²) in [5.41, 5.74) is 0. The number of aliphatic hydroxyl groups is 3. The quantitative estimate of drug-likeness (QED) is 0.0375. The molecule has 4 N–H and O–H groups in total. The molecule has 0 aromatic rings. The molecule has 0 rings (SSSR count). The summed E-state index contributed by atoms with van der Waals surface area (Å²) in [6.45, 7) is 4.14. The Hall–Kier alpha value is -1.95. The third-order valence-corrected chi connectivity index (χ3v) is 9.81. The predicted octanol–water partition coefficient (Wildman–Crippen LogP) is 12.7. The Morgan fingerprint density at radius 1 is 0.481 bits per heavy atom. The largest absolute Gasteiger partial charge is 0.394 e. The third kappa shape index (κ3) is 36.4. The summed E-state index contributed by atoms with van der Waals surface area (Å²) in [5.74, 6) is -0.527. The molecule has 0 saturated carbocycles. The van der Waals surface area contributed by atoms with Crippen LogP contribution in [0.3, 0.4) is 0 Å². The lowest BCUT2D eigenvalue weighted by Crippen LogP contribution is -2.48. The molecule has 302 valence electrons. The molecule has 0 aromatic carbocycles. The number of carbonyl (C=O) groups excluding carboxylic acids is 1. The first-order valence-corrected chi connectivity index (χ1v) is 22.1. The molecule has 0 aromatic heterocycles. The van der Waals surface area contributed by atoms with E-state index in [-0.39, 0.29) is 6.61 Å². The number of carbonyl (C=O) groups is 1. The molecule has 0 aliphatic carbocycles. The number of unbranched alkanes of at least 4 members (excludes halogenated alkanes) is 23. The Balaban J connectivity index is 3.77. The first-order valence-electron chi connectivity index (χ1n) is 22.1. The van der Waals surface area contributed by atoms with Gasteiger partial charge in [-0.25, -0.2) is 0 Å². The second-order valence-electron chi connectivity index (χ2n) is 14.9. The maximum absolute atomic E-state index is 12.5. The van der Waals surface area contributed by atoms with Crippen molar-refractivity contribution in [2.75, 3.05) is 6.61 Å². The van der Waals surface area contributed by atoms with Gasteiger partial charge in [0, 0.05) is 0 Å². The molecule has 5 nitrogen and oxygen atoms in total. The van der Waals surface area contributed by atoms with Crippen LogP contribution in [0.1, 0.15) is 206 Å². The van der Waals surface area contributed by atoms with E-state index in [2.05, 4.69) is 67.8 Å². The van der Waals surface area contributed by atoms with Gasteiger partial charge in [-0.15, -0.1) is 0 Å². The third-order valence-electron chi connectivity index (χ3n) is 9.81.